The molecule has 132 valence electrons. The van der Waals surface area contributed by atoms with Crippen molar-refractivity contribution in [2.75, 3.05) is 33.7 Å². The first-order valence-corrected chi connectivity index (χ1v) is 8.71. The number of benzene rings is 1. The van der Waals surface area contributed by atoms with Gasteiger partial charge in [0.25, 0.3) is 0 Å². The Morgan fingerprint density at radius 1 is 1.22 bits per heavy atom. The van der Waals surface area contributed by atoms with Crippen LogP contribution >= 0.6 is 12.4 Å². The van der Waals surface area contributed by atoms with E-state index in [1.165, 1.54) is 0 Å². The van der Waals surface area contributed by atoms with Crippen LogP contribution in [-0.2, 0) is 14.8 Å². The minimum atomic E-state index is -3.58. The van der Waals surface area contributed by atoms with Gasteiger partial charge in [-0.2, -0.15) is 0 Å². The highest BCUT2D eigenvalue weighted by Crippen LogP contribution is 2.16. The Morgan fingerprint density at radius 2 is 1.87 bits per heavy atom. The second-order valence-electron chi connectivity index (χ2n) is 5.34. The van der Waals surface area contributed by atoms with E-state index in [9.17, 15) is 13.2 Å². The predicted octanol–water partition coefficient (Wildman–Crippen LogP) is 1.07. The van der Waals surface area contributed by atoms with Crippen molar-refractivity contribution < 1.29 is 13.2 Å². The molecule has 0 aliphatic rings. The molecule has 0 aromatic heterocycles. The standard InChI is InChI=1S/C15H25N3O3S.ClH/c1-12-5-6-13(2)14(11-12)22(20,21)17-8-7-15(19)18(4)10-9-16-3;/h5-6,11,16-17H,7-10H2,1-4H3;1H. The van der Waals surface area contributed by atoms with Crippen LogP contribution in [0.4, 0.5) is 0 Å². The zero-order chi connectivity index (χ0) is 16.8. The Hall–Kier alpha value is -1.15. The number of hydrogen-bond donors (Lipinski definition) is 2. The number of rotatable bonds is 8. The van der Waals surface area contributed by atoms with Crippen molar-refractivity contribution >= 4 is 28.3 Å². The maximum Gasteiger partial charge on any atom is 0.240 e. The number of halogens is 1. The summed E-state index contributed by atoms with van der Waals surface area (Å²) in [4.78, 5) is 13.7. The molecular formula is C15H26ClN3O3S. The van der Waals surface area contributed by atoms with Gasteiger partial charge in [0.1, 0.15) is 0 Å². The van der Waals surface area contributed by atoms with Crippen molar-refractivity contribution in [1.29, 1.82) is 0 Å². The van der Waals surface area contributed by atoms with Gasteiger partial charge < -0.3 is 10.2 Å². The average molecular weight is 364 g/mol. The lowest BCUT2D eigenvalue weighted by Crippen LogP contribution is -2.35. The summed E-state index contributed by atoms with van der Waals surface area (Å²) in [5.41, 5.74) is 1.57. The van der Waals surface area contributed by atoms with Crippen molar-refractivity contribution in [3.8, 4) is 0 Å². The lowest BCUT2D eigenvalue weighted by atomic mass is 10.2. The molecule has 0 fully saturated rings. The average Bonchev–Trinajstić information content (AvgIpc) is 2.46. The molecule has 1 aromatic carbocycles. The van der Waals surface area contributed by atoms with Gasteiger partial charge in [0.15, 0.2) is 0 Å². The third-order valence-corrected chi connectivity index (χ3v) is 4.99. The molecule has 0 unspecified atom stereocenters. The normalized spacial score (nSPS) is 11.0. The predicted molar refractivity (Wildman–Crippen MR) is 94.5 cm³/mol. The number of nitrogens with zero attached hydrogens (tertiary/aromatic N) is 1. The molecule has 6 nitrogen and oxygen atoms in total. The first kappa shape index (κ1) is 21.9. The van der Waals surface area contributed by atoms with Crippen molar-refractivity contribution in [2.24, 2.45) is 0 Å². The summed E-state index contributed by atoms with van der Waals surface area (Å²) in [5.74, 6) is -0.0843. The van der Waals surface area contributed by atoms with Gasteiger partial charge in [-0.05, 0) is 38.1 Å². The number of aryl methyl sites for hydroxylation is 2. The number of sulfonamides is 1. The zero-order valence-electron chi connectivity index (χ0n) is 14.0. The van der Waals surface area contributed by atoms with E-state index >= 15 is 0 Å². The molecule has 0 saturated carbocycles. The van der Waals surface area contributed by atoms with Gasteiger partial charge >= 0.3 is 0 Å². The van der Waals surface area contributed by atoms with E-state index in [1.807, 2.05) is 20.0 Å². The Kier molecular flexibility index (Phi) is 9.38. The number of carbonyl (C=O) groups excluding carboxylic acids is 1. The van der Waals surface area contributed by atoms with Gasteiger partial charge in [0, 0.05) is 33.1 Å². The van der Waals surface area contributed by atoms with Crippen LogP contribution in [0.15, 0.2) is 23.1 Å². The van der Waals surface area contributed by atoms with Crippen molar-refractivity contribution in [3.05, 3.63) is 29.3 Å². The smallest absolute Gasteiger partial charge is 0.240 e. The van der Waals surface area contributed by atoms with E-state index in [1.54, 1.807) is 31.0 Å². The van der Waals surface area contributed by atoms with Crippen LogP contribution in [0.3, 0.4) is 0 Å². The lowest BCUT2D eigenvalue weighted by Gasteiger charge is -2.17. The SMILES string of the molecule is CNCCN(C)C(=O)CCNS(=O)(=O)c1cc(C)ccc1C.Cl. The summed E-state index contributed by atoms with van der Waals surface area (Å²) in [6.45, 7) is 5.00. The van der Waals surface area contributed by atoms with Crippen LogP contribution in [-0.4, -0.2) is 53.0 Å². The van der Waals surface area contributed by atoms with Crippen molar-refractivity contribution in [3.63, 3.8) is 0 Å². The van der Waals surface area contributed by atoms with Crippen LogP contribution in [0.5, 0.6) is 0 Å². The quantitative estimate of drug-likeness (QED) is 0.724. The molecule has 0 heterocycles. The summed E-state index contributed by atoms with van der Waals surface area (Å²) < 4.78 is 27.1. The third kappa shape index (κ3) is 6.87. The molecule has 0 bridgehead atoms. The second kappa shape index (κ2) is 9.87. The summed E-state index contributed by atoms with van der Waals surface area (Å²) in [5, 5.41) is 2.96. The van der Waals surface area contributed by atoms with Crippen LogP contribution in [0.1, 0.15) is 17.5 Å². The fourth-order valence-corrected chi connectivity index (χ4v) is 3.32. The number of amides is 1. The van der Waals surface area contributed by atoms with E-state index in [4.69, 9.17) is 0 Å². The first-order chi connectivity index (χ1) is 10.3. The first-order valence-electron chi connectivity index (χ1n) is 7.23. The van der Waals surface area contributed by atoms with E-state index in [0.717, 1.165) is 5.56 Å². The van der Waals surface area contributed by atoms with Crippen molar-refractivity contribution in [1.82, 2.24) is 14.9 Å². The summed E-state index contributed by atoms with van der Waals surface area (Å²) in [6.07, 6.45) is 0.143. The molecule has 0 saturated heterocycles. The lowest BCUT2D eigenvalue weighted by molar-refractivity contribution is -0.129. The molecule has 0 spiro atoms. The maximum atomic E-state index is 12.3. The molecule has 0 aliphatic carbocycles. The monoisotopic (exact) mass is 363 g/mol. The minimum absolute atomic E-state index is 0. The van der Waals surface area contributed by atoms with Crippen LogP contribution in [0, 0.1) is 13.8 Å². The molecule has 1 amide bonds. The second-order valence-corrected chi connectivity index (χ2v) is 7.07. The van der Waals surface area contributed by atoms with Gasteiger partial charge in [0.05, 0.1) is 4.90 Å². The van der Waals surface area contributed by atoms with Gasteiger partial charge in [0.2, 0.25) is 15.9 Å². The van der Waals surface area contributed by atoms with E-state index in [2.05, 4.69) is 10.0 Å². The number of carbonyl (C=O) groups is 1. The fourth-order valence-electron chi connectivity index (χ4n) is 1.96. The van der Waals surface area contributed by atoms with E-state index < -0.39 is 10.0 Å². The van der Waals surface area contributed by atoms with E-state index in [-0.39, 0.29) is 36.2 Å². The molecule has 1 rings (SSSR count). The molecule has 2 N–H and O–H groups in total. The van der Waals surface area contributed by atoms with E-state index in [0.29, 0.717) is 18.7 Å². The number of likely N-dealkylation sites (N-methyl/N-ethyl adjacent to an activating group) is 2. The Balaban J connectivity index is 0.00000484. The molecule has 8 heteroatoms. The van der Waals surface area contributed by atoms with Gasteiger partial charge in [-0.1, -0.05) is 12.1 Å². The third-order valence-electron chi connectivity index (χ3n) is 3.39. The topological polar surface area (TPSA) is 78.5 Å². The molecule has 0 radical (unpaired) electrons. The highest BCUT2D eigenvalue weighted by molar-refractivity contribution is 7.89. The van der Waals surface area contributed by atoms with Crippen molar-refractivity contribution in [2.45, 2.75) is 25.2 Å². The maximum absolute atomic E-state index is 12.3. The Morgan fingerprint density at radius 3 is 2.48 bits per heavy atom. The number of nitrogens with one attached hydrogen (secondary N) is 2. The molecule has 1 aromatic rings. The van der Waals surface area contributed by atoms with Gasteiger partial charge in [-0.25, -0.2) is 13.1 Å². The van der Waals surface area contributed by atoms with Gasteiger partial charge in [-0.3, -0.25) is 4.79 Å². The molecule has 0 atom stereocenters. The summed E-state index contributed by atoms with van der Waals surface area (Å²) in [7, 11) is -0.0615. The van der Waals surface area contributed by atoms with Crippen LogP contribution in [0.25, 0.3) is 0 Å². The number of hydrogen-bond acceptors (Lipinski definition) is 4. The largest absolute Gasteiger partial charge is 0.344 e. The zero-order valence-corrected chi connectivity index (χ0v) is 15.7. The van der Waals surface area contributed by atoms with Crippen LogP contribution in [0.2, 0.25) is 0 Å². The molecular weight excluding hydrogens is 338 g/mol. The Labute approximate surface area is 145 Å². The summed E-state index contributed by atoms with van der Waals surface area (Å²) >= 11 is 0. The van der Waals surface area contributed by atoms with Crippen LogP contribution < -0.4 is 10.0 Å². The molecule has 0 aliphatic heterocycles. The fraction of sp³-hybridized carbons (Fsp3) is 0.533. The highest BCUT2D eigenvalue weighted by Gasteiger charge is 2.17. The Bertz CT molecular complexity index is 620. The minimum Gasteiger partial charge on any atom is -0.344 e. The highest BCUT2D eigenvalue weighted by atomic mass is 35.5. The van der Waals surface area contributed by atoms with Gasteiger partial charge in [-0.15, -0.1) is 12.4 Å². The molecule has 23 heavy (non-hydrogen) atoms. The summed E-state index contributed by atoms with van der Waals surface area (Å²) in [6, 6.07) is 5.29.